The number of nitriles is 1. The van der Waals surface area contributed by atoms with Crippen LogP contribution in [-0.4, -0.2) is 33.7 Å². The first-order chi connectivity index (χ1) is 18.8. The van der Waals surface area contributed by atoms with E-state index in [2.05, 4.69) is 64.8 Å². The quantitative estimate of drug-likeness (QED) is 0.316. The second-order valence-electron chi connectivity index (χ2n) is 10.5. The lowest BCUT2D eigenvalue weighted by Gasteiger charge is -2.19. The molecule has 0 radical (unpaired) electrons. The molecule has 8 nitrogen and oxygen atoms in total. The van der Waals surface area contributed by atoms with Gasteiger partial charge in [0.2, 0.25) is 5.88 Å². The van der Waals surface area contributed by atoms with E-state index in [1.807, 2.05) is 26.8 Å². The van der Waals surface area contributed by atoms with E-state index >= 15 is 0 Å². The lowest BCUT2D eigenvalue weighted by atomic mass is 9.91. The van der Waals surface area contributed by atoms with Crippen molar-refractivity contribution in [3.8, 4) is 28.8 Å². The summed E-state index contributed by atoms with van der Waals surface area (Å²) >= 11 is 6.21. The number of halogens is 2. The first-order valence-electron chi connectivity index (χ1n) is 13.2. The van der Waals surface area contributed by atoms with Gasteiger partial charge in [0.05, 0.1) is 52.3 Å². The van der Waals surface area contributed by atoms with Crippen LogP contribution in [0.5, 0.6) is 11.6 Å². The molecule has 1 aliphatic heterocycles. The lowest BCUT2D eigenvalue weighted by Crippen LogP contribution is -2.27. The molecule has 40 heavy (non-hydrogen) atoms. The molecule has 0 atom stereocenters. The van der Waals surface area contributed by atoms with Gasteiger partial charge < -0.3 is 14.6 Å². The number of ether oxygens (including phenoxy) is 2. The summed E-state index contributed by atoms with van der Waals surface area (Å²) in [6.07, 6.45) is 1.59. The molecule has 2 heterocycles. The van der Waals surface area contributed by atoms with Crippen LogP contribution in [0.2, 0.25) is 0 Å². The number of phenolic OH excluding ortho intramolecular Hbond substituents is 1. The molecule has 10 heteroatoms. The van der Waals surface area contributed by atoms with Crippen molar-refractivity contribution in [1.29, 1.82) is 5.26 Å². The number of benzene rings is 2. The summed E-state index contributed by atoms with van der Waals surface area (Å²) in [5.74, 6) is 0.103. The Kier molecular flexibility index (Phi) is 10.4. The minimum absolute atomic E-state index is 0.115. The standard InChI is InChI=1S/C23H32N2O4.C7H3Br2NO/c1-7-16-13-15(3)14-17(8-2)18(16)19-20(26)24-9-11-28-12-10-25(24)21(19)29-22(27)23(4,5)6;8-5-1-4(3-10)2-6(9)7(5)11/h13-14H,7-12H2,1-6H3;1-2,11H. The van der Waals surface area contributed by atoms with E-state index in [4.69, 9.17) is 14.7 Å². The Morgan fingerprint density at radius 3 is 2.02 bits per heavy atom. The van der Waals surface area contributed by atoms with Gasteiger partial charge in [0.15, 0.2) is 0 Å². The molecule has 4 rings (SSSR count). The van der Waals surface area contributed by atoms with Gasteiger partial charge in [-0.3, -0.25) is 9.59 Å². The summed E-state index contributed by atoms with van der Waals surface area (Å²) in [5, 5.41) is 17.7. The molecular formula is C30H35Br2N3O5. The van der Waals surface area contributed by atoms with E-state index < -0.39 is 5.41 Å². The van der Waals surface area contributed by atoms with E-state index in [0.717, 1.165) is 29.5 Å². The number of esters is 1. The number of nitrogens with zero attached hydrogens (tertiary/aromatic N) is 3. The minimum atomic E-state index is -0.675. The second-order valence-corrected chi connectivity index (χ2v) is 12.3. The Labute approximate surface area is 251 Å². The Morgan fingerprint density at radius 2 is 1.55 bits per heavy atom. The van der Waals surface area contributed by atoms with Crippen molar-refractivity contribution in [2.45, 2.75) is 67.5 Å². The largest absolute Gasteiger partial charge is 0.506 e. The topological polar surface area (TPSA) is 106 Å². The van der Waals surface area contributed by atoms with E-state index in [-0.39, 0.29) is 17.3 Å². The van der Waals surface area contributed by atoms with Crippen molar-refractivity contribution in [3.05, 3.63) is 65.8 Å². The number of aromatic hydroxyl groups is 1. The smallest absolute Gasteiger partial charge is 0.317 e. The number of hydrogen-bond donors (Lipinski definition) is 1. The SMILES string of the molecule is CCc1cc(C)cc(CC)c1-c1c(OC(=O)C(C)(C)C)n2n(c1=O)CCOCC2.N#Cc1cc(Br)c(O)c(Br)c1. The zero-order valence-corrected chi connectivity index (χ0v) is 26.9. The van der Waals surface area contributed by atoms with Crippen molar-refractivity contribution in [1.82, 2.24) is 9.36 Å². The van der Waals surface area contributed by atoms with E-state index in [9.17, 15) is 14.7 Å². The monoisotopic (exact) mass is 675 g/mol. The van der Waals surface area contributed by atoms with Gasteiger partial charge in [0.25, 0.3) is 5.56 Å². The summed E-state index contributed by atoms with van der Waals surface area (Å²) in [6.45, 7) is 13.5. The van der Waals surface area contributed by atoms with Crippen LogP contribution in [0.4, 0.5) is 0 Å². The van der Waals surface area contributed by atoms with Crippen LogP contribution in [-0.2, 0) is 35.5 Å². The van der Waals surface area contributed by atoms with Crippen LogP contribution in [0.1, 0.15) is 56.9 Å². The maximum absolute atomic E-state index is 13.5. The number of carbonyl (C=O) groups is 1. The zero-order chi connectivity index (χ0) is 29.8. The molecule has 0 saturated carbocycles. The van der Waals surface area contributed by atoms with Gasteiger partial charge in [0, 0.05) is 0 Å². The first kappa shape index (κ1) is 31.7. The maximum atomic E-state index is 13.5. The average Bonchev–Trinajstić information content (AvgIpc) is 3.05. The van der Waals surface area contributed by atoms with Crippen molar-refractivity contribution in [2.75, 3.05) is 13.2 Å². The van der Waals surface area contributed by atoms with Crippen molar-refractivity contribution in [3.63, 3.8) is 0 Å². The molecule has 0 unspecified atom stereocenters. The fraction of sp³-hybridized carbons (Fsp3) is 0.433. The second kappa shape index (κ2) is 13.2. The molecule has 0 saturated heterocycles. The molecule has 1 N–H and O–H groups in total. The third-order valence-electron chi connectivity index (χ3n) is 6.49. The molecular weight excluding hydrogens is 642 g/mol. The van der Waals surface area contributed by atoms with Crippen molar-refractivity contribution < 1.29 is 19.4 Å². The highest BCUT2D eigenvalue weighted by molar-refractivity contribution is 9.11. The molecule has 1 aliphatic rings. The van der Waals surface area contributed by atoms with Gasteiger partial charge in [0.1, 0.15) is 11.3 Å². The van der Waals surface area contributed by atoms with Crippen LogP contribution in [0.25, 0.3) is 11.1 Å². The number of aryl methyl sites for hydroxylation is 3. The van der Waals surface area contributed by atoms with Gasteiger partial charge in [-0.2, -0.15) is 5.26 Å². The molecule has 214 valence electrons. The average molecular weight is 677 g/mol. The molecule has 3 aromatic rings. The summed E-state index contributed by atoms with van der Waals surface area (Å²) in [5.41, 5.74) is 4.49. The van der Waals surface area contributed by atoms with E-state index in [1.54, 1.807) is 21.5 Å². The van der Waals surface area contributed by atoms with Gasteiger partial charge in [-0.15, -0.1) is 0 Å². The highest BCUT2D eigenvalue weighted by Gasteiger charge is 2.32. The Bertz CT molecular complexity index is 1460. The number of rotatable bonds is 4. The summed E-state index contributed by atoms with van der Waals surface area (Å²) in [7, 11) is 0. The summed E-state index contributed by atoms with van der Waals surface area (Å²) < 4.78 is 15.9. The Morgan fingerprint density at radius 1 is 1.02 bits per heavy atom. The van der Waals surface area contributed by atoms with Gasteiger partial charge in [-0.05, 0) is 101 Å². The summed E-state index contributed by atoms with van der Waals surface area (Å²) in [4.78, 5) is 26.3. The summed E-state index contributed by atoms with van der Waals surface area (Å²) in [6, 6.07) is 9.33. The highest BCUT2D eigenvalue weighted by atomic mass is 79.9. The zero-order valence-electron chi connectivity index (χ0n) is 23.7. The van der Waals surface area contributed by atoms with E-state index in [0.29, 0.717) is 52.3 Å². The molecule has 0 amide bonds. The molecule has 0 spiro atoms. The van der Waals surface area contributed by atoms with Crippen LogP contribution in [0, 0.1) is 23.7 Å². The maximum Gasteiger partial charge on any atom is 0.317 e. The van der Waals surface area contributed by atoms with Crippen LogP contribution >= 0.6 is 31.9 Å². The predicted molar refractivity (Wildman–Crippen MR) is 162 cm³/mol. The van der Waals surface area contributed by atoms with Gasteiger partial charge >= 0.3 is 5.97 Å². The number of hydrogen-bond acceptors (Lipinski definition) is 6. The lowest BCUT2D eigenvalue weighted by molar-refractivity contribution is -0.143. The highest BCUT2D eigenvalue weighted by Crippen LogP contribution is 2.36. The van der Waals surface area contributed by atoms with Crippen molar-refractivity contribution in [2.24, 2.45) is 5.41 Å². The van der Waals surface area contributed by atoms with Gasteiger partial charge in [-0.1, -0.05) is 31.5 Å². The third-order valence-corrected chi connectivity index (χ3v) is 7.70. The molecule has 0 aliphatic carbocycles. The number of carbonyl (C=O) groups excluding carboxylic acids is 1. The number of phenols is 1. The molecule has 0 fully saturated rings. The third kappa shape index (κ3) is 6.88. The number of fused-ring (bicyclic) bond motifs is 1. The van der Waals surface area contributed by atoms with Crippen LogP contribution in [0.15, 0.2) is 38.0 Å². The fourth-order valence-electron chi connectivity index (χ4n) is 4.43. The Balaban J connectivity index is 0.000000336. The molecule has 0 bridgehead atoms. The fourth-order valence-corrected chi connectivity index (χ4v) is 5.61. The van der Waals surface area contributed by atoms with E-state index in [1.165, 1.54) is 5.56 Å². The van der Waals surface area contributed by atoms with Crippen molar-refractivity contribution >= 4 is 37.8 Å². The molecule has 1 aromatic heterocycles. The predicted octanol–water partition coefficient (Wildman–Crippen LogP) is 6.52. The minimum Gasteiger partial charge on any atom is -0.506 e. The van der Waals surface area contributed by atoms with Crippen LogP contribution < -0.4 is 10.3 Å². The first-order valence-corrected chi connectivity index (χ1v) is 14.8. The van der Waals surface area contributed by atoms with Crippen LogP contribution in [0.3, 0.4) is 0 Å². The normalized spacial score (nSPS) is 13.0. The number of aromatic nitrogens is 2. The molecule has 2 aromatic carbocycles. The van der Waals surface area contributed by atoms with Gasteiger partial charge in [-0.25, -0.2) is 9.36 Å². The Hall–Kier alpha value is -2.87.